The predicted molar refractivity (Wildman–Crippen MR) is 94.2 cm³/mol. The lowest BCUT2D eigenvalue weighted by atomic mass is 10.1. The molecule has 1 N–H and O–H groups in total. The van der Waals surface area contributed by atoms with Gasteiger partial charge >= 0.3 is 0 Å². The number of hydrogen-bond acceptors (Lipinski definition) is 4. The summed E-state index contributed by atoms with van der Waals surface area (Å²) < 4.78 is 5.48. The molecule has 0 radical (unpaired) electrons. The molecule has 0 bridgehead atoms. The molecule has 2 rings (SSSR count). The van der Waals surface area contributed by atoms with E-state index < -0.39 is 0 Å². The van der Waals surface area contributed by atoms with Crippen molar-refractivity contribution in [2.24, 2.45) is 0 Å². The number of carbonyl (C=O) groups excluding carboxylic acids is 2. The van der Waals surface area contributed by atoms with Gasteiger partial charge in [0.05, 0.1) is 19.3 Å². The number of anilines is 1. The molecule has 1 aromatic rings. The van der Waals surface area contributed by atoms with Gasteiger partial charge in [-0.05, 0) is 39.0 Å². The summed E-state index contributed by atoms with van der Waals surface area (Å²) in [5.74, 6) is -0.0883. The lowest BCUT2D eigenvalue weighted by molar-refractivity contribution is -0.119. The van der Waals surface area contributed by atoms with E-state index in [1.807, 2.05) is 20.8 Å². The quantitative estimate of drug-likeness (QED) is 0.863. The second kappa shape index (κ2) is 8.80. The van der Waals surface area contributed by atoms with Crippen LogP contribution in [0.2, 0.25) is 0 Å². The number of ether oxygens (including phenoxy) is 1. The van der Waals surface area contributed by atoms with Crippen molar-refractivity contribution in [1.82, 2.24) is 9.80 Å². The predicted octanol–water partition coefficient (Wildman–Crippen LogP) is 1.83. The number of nitrogens with one attached hydrogen (secondary N) is 1. The lowest BCUT2D eigenvalue weighted by Gasteiger charge is -2.30. The second-order valence-electron chi connectivity index (χ2n) is 6.02. The number of carbonyl (C=O) groups is 2. The van der Waals surface area contributed by atoms with Crippen molar-refractivity contribution >= 4 is 17.5 Å². The first-order valence-corrected chi connectivity index (χ1v) is 8.56. The van der Waals surface area contributed by atoms with Crippen LogP contribution >= 0.6 is 0 Å². The van der Waals surface area contributed by atoms with E-state index in [1.165, 1.54) is 0 Å². The fraction of sp³-hybridized carbons (Fsp3) is 0.556. The summed E-state index contributed by atoms with van der Waals surface area (Å²) in [5, 5.41) is 2.88. The molecule has 1 unspecified atom stereocenters. The van der Waals surface area contributed by atoms with Gasteiger partial charge in [0.25, 0.3) is 5.91 Å². The van der Waals surface area contributed by atoms with Crippen molar-refractivity contribution in [2.75, 3.05) is 44.6 Å². The summed E-state index contributed by atoms with van der Waals surface area (Å²) in [6.07, 6.45) is 0.154. The second-order valence-corrected chi connectivity index (χ2v) is 6.02. The minimum Gasteiger partial charge on any atom is -0.376 e. The Morgan fingerprint density at radius 1 is 1.33 bits per heavy atom. The summed E-state index contributed by atoms with van der Waals surface area (Å²) >= 11 is 0. The summed E-state index contributed by atoms with van der Waals surface area (Å²) in [6, 6.07) is 7.11. The van der Waals surface area contributed by atoms with Crippen LogP contribution in [0.25, 0.3) is 0 Å². The molecule has 0 spiro atoms. The molecule has 1 aromatic carbocycles. The monoisotopic (exact) mass is 333 g/mol. The third kappa shape index (κ3) is 5.04. The molecule has 24 heavy (non-hydrogen) atoms. The van der Waals surface area contributed by atoms with Gasteiger partial charge in [-0.25, -0.2) is 0 Å². The van der Waals surface area contributed by atoms with E-state index in [0.29, 0.717) is 37.5 Å². The van der Waals surface area contributed by atoms with E-state index in [1.54, 1.807) is 29.2 Å². The molecule has 0 aliphatic carbocycles. The smallest absolute Gasteiger partial charge is 0.253 e. The highest BCUT2D eigenvalue weighted by molar-refractivity contribution is 5.97. The van der Waals surface area contributed by atoms with Crippen LogP contribution in [0.4, 0.5) is 5.69 Å². The zero-order valence-corrected chi connectivity index (χ0v) is 14.7. The minimum absolute atomic E-state index is 0.0156. The van der Waals surface area contributed by atoms with Crippen LogP contribution in [0.3, 0.4) is 0 Å². The molecule has 1 aliphatic heterocycles. The Balaban J connectivity index is 1.96. The third-order valence-corrected chi connectivity index (χ3v) is 4.14. The van der Waals surface area contributed by atoms with Crippen LogP contribution in [-0.2, 0) is 9.53 Å². The van der Waals surface area contributed by atoms with Gasteiger partial charge in [0, 0.05) is 37.4 Å². The number of hydrogen-bond donors (Lipinski definition) is 1. The largest absolute Gasteiger partial charge is 0.376 e. The van der Waals surface area contributed by atoms with Crippen LogP contribution < -0.4 is 5.32 Å². The van der Waals surface area contributed by atoms with Crippen LogP contribution in [-0.4, -0.2) is 67.0 Å². The molecule has 0 aromatic heterocycles. The highest BCUT2D eigenvalue weighted by Crippen LogP contribution is 2.13. The average Bonchev–Trinajstić information content (AvgIpc) is 2.56. The molecule has 6 nitrogen and oxygen atoms in total. The summed E-state index contributed by atoms with van der Waals surface area (Å²) in [5.41, 5.74) is 1.25. The molecule has 2 amide bonds. The fourth-order valence-corrected chi connectivity index (χ4v) is 2.86. The van der Waals surface area contributed by atoms with E-state index in [-0.39, 0.29) is 17.9 Å². The summed E-state index contributed by atoms with van der Waals surface area (Å²) in [6.45, 7) is 9.76. The minimum atomic E-state index is -0.0726. The van der Waals surface area contributed by atoms with Gasteiger partial charge in [-0.1, -0.05) is 6.07 Å². The van der Waals surface area contributed by atoms with Crippen molar-refractivity contribution < 1.29 is 14.3 Å². The van der Waals surface area contributed by atoms with Crippen molar-refractivity contribution in [2.45, 2.75) is 26.9 Å². The first-order chi connectivity index (χ1) is 11.5. The Kier molecular flexibility index (Phi) is 6.75. The van der Waals surface area contributed by atoms with Gasteiger partial charge in [-0.3, -0.25) is 14.5 Å². The number of amides is 2. The average molecular weight is 333 g/mol. The van der Waals surface area contributed by atoms with Crippen molar-refractivity contribution in [3.05, 3.63) is 29.8 Å². The van der Waals surface area contributed by atoms with Gasteiger partial charge in [0.15, 0.2) is 0 Å². The maximum Gasteiger partial charge on any atom is 0.253 e. The Morgan fingerprint density at radius 3 is 2.75 bits per heavy atom. The zero-order chi connectivity index (χ0) is 17.5. The van der Waals surface area contributed by atoms with Crippen molar-refractivity contribution in [3.63, 3.8) is 0 Å². The van der Waals surface area contributed by atoms with Crippen LogP contribution in [0.5, 0.6) is 0 Å². The molecule has 1 aliphatic rings. The van der Waals surface area contributed by atoms with Crippen LogP contribution in [0.15, 0.2) is 24.3 Å². The first kappa shape index (κ1) is 18.4. The molecule has 1 heterocycles. The van der Waals surface area contributed by atoms with E-state index in [9.17, 15) is 9.59 Å². The molecule has 6 heteroatoms. The Hall–Kier alpha value is -1.92. The summed E-state index contributed by atoms with van der Waals surface area (Å²) in [4.78, 5) is 28.5. The number of morpholine rings is 1. The lowest BCUT2D eigenvalue weighted by Crippen LogP contribution is -2.44. The molecule has 1 atom stereocenters. The summed E-state index contributed by atoms with van der Waals surface area (Å²) in [7, 11) is 0. The van der Waals surface area contributed by atoms with Gasteiger partial charge in [0.1, 0.15) is 0 Å². The van der Waals surface area contributed by atoms with E-state index in [0.717, 1.165) is 13.1 Å². The number of nitrogens with zero attached hydrogens (tertiary/aromatic N) is 2. The topological polar surface area (TPSA) is 61.9 Å². The maximum absolute atomic E-state index is 12.4. The Bertz CT molecular complexity index is 572. The maximum atomic E-state index is 12.4. The number of rotatable bonds is 6. The molecule has 0 saturated carbocycles. The third-order valence-electron chi connectivity index (χ3n) is 4.14. The standard InChI is InChI=1S/C18H27N3O3/c1-4-21(5-2)18(23)15-7-6-8-16(11-15)19-17(22)13-20-9-10-24-14(3)12-20/h6-8,11,14H,4-5,9-10,12-13H2,1-3H3,(H,19,22). The first-order valence-electron chi connectivity index (χ1n) is 8.56. The highest BCUT2D eigenvalue weighted by atomic mass is 16.5. The number of benzene rings is 1. The molecule has 1 fully saturated rings. The van der Waals surface area contributed by atoms with Gasteiger partial charge in [-0.15, -0.1) is 0 Å². The Labute approximate surface area is 143 Å². The molecule has 132 valence electrons. The normalized spacial score (nSPS) is 18.2. The zero-order valence-electron chi connectivity index (χ0n) is 14.7. The molecular weight excluding hydrogens is 306 g/mol. The molecule has 1 saturated heterocycles. The highest BCUT2D eigenvalue weighted by Gasteiger charge is 2.19. The Morgan fingerprint density at radius 2 is 2.08 bits per heavy atom. The van der Waals surface area contributed by atoms with Crippen molar-refractivity contribution in [3.8, 4) is 0 Å². The van der Waals surface area contributed by atoms with Gasteiger partial charge in [0.2, 0.25) is 5.91 Å². The van der Waals surface area contributed by atoms with Crippen LogP contribution in [0.1, 0.15) is 31.1 Å². The van der Waals surface area contributed by atoms with Gasteiger partial charge < -0.3 is 15.0 Å². The van der Waals surface area contributed by atoms with E-state index >= 15 is 0 Å². The fourth-order valence-electron chi connectivity index (χ4n) is 2.86. The van der Waals surface area contributed by atoms with Gasteiger partial charge in [-0.2, -0.15) is 0 Å². The van der Waals surface area contributed by atoms with Crippen LogP contribution in [0, 0.1) is 0 Å². The van der Waals surface area contributed by atoms with E-state index in [4.69, 9.17) is 4.74 Å². The molecular formula is C18H27N3O3. The SMILES string of the molecule is CCN(CC)C(=O)c1cccc(NC(=O)CN2CCOC(C)C2)c1. The van der Waals surface area contributed by atoms with Crippen molar-refractivity contribution in [1.29, 1.82) is 0 Å². The van der Waals surface area contributed by atoms with E-state index in [2.05, 4.69) is 10.2 Å².